The fourth-order valence-electron chi connectivity index (χ4n) is 2.62. The molecule has 140 valence electrons. The number of hydrogen-bond acceptors (Lipinski definition) is 3. The summed E-state index contributed by atoms with van der Waals surface area (Å²) >= 11 is 3.38. The van der Waals surface area contributed by atoms with Crippen molar-refractivity contribution in [2.24, 2.45) is 0 Å². The van der Waals surface area contributed by atoms with Crippen molar-refractivity contribution in [3.05, 3.63) is 64.1 Å². The molecule has 0 aliphatic carbocycles. The van der Waals surface area contributed by atoms with Gasteiger partial charge in [0.1, 0.15) is 0 Å². The zero-order valence-corrected chi connectivity index (χ0v) is 17.1. The van der Waals surface area contributed by atoms with Gasteiger partial charge in [-0.05, 0) is 49.2 Å². The van der Waals surface area contributed by atoms with Crippen LogP contribution in [0.1, 0.15) is 44.4 Å². The van der Waals surface area contributed by atoms with Gasteiger partial charge < -0.3 is 10.6 Å². The van der Waals surface area contributed by atoms with E-state index >= 15 is 0 Å². The van der Waals surface area contributed by atoms with E-state index in [4.69, 9.17) is 0 Å². The van der Waals surface area contributed by atoms with Gasteiger partial charge in [-0.1, -0.05) is 40.2 Å². The minimum absolute atomic E-state index is 0.118. The van der Waals surface area contributed by atoms with Crippen molar-refractivity contribution in [2.45, 2.75) is 38.6 Å². The van der Waals surface area contributed by atoms with Gasteiger partial charge in [0.15, 0.2) is 0 Å². The Balaban J connectivity index is 2.08. The number of benzene rings is 2. The van der Waals surface area contributed by atoms with Gasteiger partial charge in [-0.15, -0.1) is 0 Å². The van der Waals surface area contributed by atoms with E-state index < -0.39 is 11.5 Å². The van der Waals surface area contributed by atoms with Gasteiger partial charge >= 0.3 is 0 Å². The van der Waals surface area contributed by atoms with Gasteiger partial charge in [-0.25, -0.2) is 0 Å². The number of amides is 2. The molecular weight excluding hydrogens is 406 g/mol. The van der Waals surface area contributed by atoms with Gasteiger partial charge in [-0.2, -0.15) is 5.26 Å². The van der Waals surface area contributed by atoms with E-state index in [-0.39, 0.29) is 18.2 Å². The Hall–Kier alpha value is -2.65. The molecule has 2 aromatic rings. The molecule has 5 nitrogen and oxygen atoms in total. The van der Waals surface area contributed by atoms with E-state index in [1.807, 2.05) is 50.2 Å². The van der Waals surface area contributed by atoms with E-state index in [1.54, 1.807) is 12.1 Å². The summed E-state index contributed by atoms with van der Waals surface area (Å²) in [6.45, 7) is 5.12. The van der Waals surface area contributed by atoms with Gasteiger partial charge in [0.05, 0.1) is 23.9 Å². The lowest BCUT2D eigenvalue weighted by Gasteiger charge is -2.19. The Morgan fingerprint density at radius 3 is 2.22 bits per heavy atom. The number of nitrogens with zero attached hydrogens (tertiary/aromatic N) is 1. The maximum absolute atomic E-state index is 12.5. The van der Waals surface area contributed by atoms with Crippen LogP contribution >= 0.6 is 15.9 Å². The normalized spacial score (nSPS) is 12.0. The smallest absolute Gasteiger partial charge is 0.226 e. The van der Waals surface area contributed by atoms with Gasteiger partial charge in [0, 0.05) is 17.1 Å². The molecule has 2 amide bonds. The maximum Gasteiger partial charge on any atom is 0.226 e. The number of halogens is 1. The molecule has 0 bridgehead atoms. The third-order valence-electron chi connectivity index (χ3n) is 4.21. The summed E-state index contributed by atoms with van der Waals surface area (Å²) in [7, 11) is 0. The zero-order chi connectivity index (χ0) is 20.0. The number of carbonyl (C=O) groups is 2. The quantitative estimate of drug-likeness (QED) is 0.713. The second-order valence-electron chi connectivity index (χ2n) is 6.87. The third-order valence-corrected chi connectivity index (χ3v) is 4.74. The predicted octanol–water partition coefficient (Wildman–Crippen LogP) is 4.46. The predicted molar refractivity (Wildman–Crippen MR) is 109 cm³/mol. The molecule has 0 aliphatic rings. The largest absolute Gasteiger partial charge is 0.349 e. The van der Waals surface area contributed by atoms with Crippen molar-refractivity contribution in [3.63, 3.8) is 0 Å². The molecule has 0 aromatic heterocycles. The highest BCUT2D eigenvalue weighted by Gasteiger charge is 2.20. The molecule has 0 radical (unpaired) electrons. The molecule has 2 N–H and O–H groups in total. The van der Waals surface area contributed by atoms with Crippen LogP contribution in [-0.4, -0.2) is 11.8 Å². The highest BCUT2D eigenvalue weighted by atomic mass is 79.9. The minimum Gasteiger partial charge on any atom is -0.349 e. The Morgan fingerprint density at radius 2 is 1.70 bits per heavy atom. The number of rotatable bonds is 6. The monoisotopic (exact) mass is 427 g/mol. The summed E-state index contributed by atoms with van der Waals surface area (Å²) in [5, 5.41) is 14.9. The molecule has 6 heteroatoms. The second-order valence-corrected chi connectivity index (χ2v) is 7.79. The first-order chi connectivity index (χ1) is 12.7. The molecule has 2 aromatic carbocycles. The summed E-state index contributed by atoms with van der Waals surface area (Å²) in [5.74, 6) is -0.400. The van der Waals surface area contributed by atoms with Crippen LogP contribution in [0.3, 0.4) is 0 Å². The number of nitrogens with one attached hydrogen (secondary N) is 2. The molecular formula is C21H22BrN3O2. The van der Waals surface area contributed by atoms with Gasteiger partial charge in [0.2, 0.25) is 11.8 Å². The van der Waals surface area contributed by atoms with Crippen molar-refractivity contribution in [1.29, 1.82) is 5.26 Å². The molecule has 0 saturated heterocycles. The lowest BCUT2D eigenvalue weighted by molar-refractivity contribution is -0.120. The fourth-order valence-corrected chi connectivity index (χ4v) is 2.89. The number of hydrogen-bond donors (Lipinski definition) is 2. The van der Waals surface area contributed by atoms with Crippen molar-refractivity contribution >= 4 is 33.4 Å². The zero-order valence-electron chi connectivity index (χ0n) is 15.5. The second kappa shape index (κ2) is 8.83. The van der Waals surface area contributed by atoms with Crippen LogP contribution in [0.25, 0.3) is 0 Å². The van der Waals surface area contributed by atoms with E-state index in [0.717, 1.165) is 15.6 Å². The molecule has 0 saturated carbocycles. The molecule has 0 fully saturated rings. The molecule has 2 rings (SSSR count). The average molecular weight is 428 g/mol. The van der Waals surface area contributed by atoms with Crippen molar-refractivity contribution in [1.82, 2.24) is 5.32 Å². The fraction of sp³-hybridized carbons (Fsp3) is 0.286. The van der Waals surface area contributed by atoms with Gasteiger partial charge in [0.25, 0.3) is 0 Å². The summed E-state index contributed by atoms with van der Waals surface area (Å²) in [6, 6.07) is 16.6. The number of carbonyl (C=O) groups excluding carboxylic acids is 2. The minimum atomic E-state index is -0.583. The lowest BCUT2D eigenvalue weighted by Crippen LogP contribution is -2.29. The van der Waals surface area contributed by atoms with Crippen LogP contribution < -0.4 is 10.6 Å². The first-order valence-electron chi connectivity index (χ1n) is 8.55. The van der Waals surface area contributed by atoms with Crippen molar-refractivity contribution in [3.8, 4) is 6.07 Å². The molecule has 0 aliphatic heterocycles. The Kier molecular flexibility index (Phi) is 6.75. The molecule has 1 unspecified atom stereocenters. The van der Waals surface area contributed by atoms with Crippen molar-refractivity contribution in [2.75, 3.05) is 5.32 Å². The number of nitriles is 1. The Bertz CT molecular complexity index is 852. The van der Waals surface area contributed by atoms with Crippen molar-refractivity contribution < 1.29 is 9.59 Å². The van der Waals surface area contributed by atoms with Gasteiger partial charge in [-0.3, -0.25) is 9.59 Å². The van der Waals surface area contributed by atoms with Crippen LogP contribution in [0.2, 0.25) is 0 Å². The standard InChI is InChI=1S/C21H22BrN3O2/c1-14(26)24-19(15-4-8-17(22)9-5-15)12-20(27)25-18-10-6-16(7-11-18)21(2,3)13-23/h4-11,19H,12H2,1-3H3,(H,24,26)(H,25,27). The molecule has 0 heterocycles. The van der Waals surface area contributed by atoms with E-state index in [2.05, 4.69) is 32.6 Å². The first-order valence-corrected chi connectivity index (χ1v) is 9.35. The van der Waals surface area contributed by atoms with E-state index in [1.165, 1.54) is 6.92 Å². The summed E-state index contributed by atoms with van der Waals surface area (Å²) < 4.78 is 0.928. The number of anilines is 1. The molecule has 1 atom stereocenters. The van der Waals surface area contributed by atoms with Crippen LogP contribution in [-0.2, 0) is 15.0 Å². The third kappa shape index (κ3) is 5.93. The Labute approximate surface area is 167 Å². The SMILES string of the molecule is CC(=O)NC(CC(=O)Nc1ccc(C(C)(C)C#N)cc1)c1ccc(Br)cc1. The highest BCUT2D eigenvalue weighted by Crippen LogP contribution is 2.24. The van der Waals surface area contributed by atoms with E-state index in [9.17, 15) is 14.9 Å². The highest BCUT2D eigenvalue weighted by molar-refractivity contribution is 9.10. The summed E-state index contributed by atoms with van der Waals surface area (Å²) in [4.78, 5) is 24.0. The summed E-state index contributed by atoms with van der Waals surface area (Å²) in [5.41, 5.74) is 1.80. The lowest BCUT2D eigenvalue weighted by atomic mass is 9.86. The first kappa shape index (κ1) is 20.7. The van der Waals surface area contributed by atoms with Crippen LogP contribution in [0.15, 0.2) is 53.0 Å². The average Bonchev–Trinajstić information content (AvgIpc) is 2.62. The maximum atomic E-state index is 12.5. The van der Waals surface area contributed by atoms with Crippen LogP contribution in [0, 0.1) is 11.3 Å². The summed E-state index contributed by atoms with van der Waals surface area (Å²) in [6.07, 6.45) is 0.118. The topological polar surface area (TPSA) is 82.0 Å². The molecule has 0 spiro atoms. The molecule has 27 heavy (non-hydrogen) atoms. The van der Waals surface area contributed by atoms with Crippen LogP contribution in [0.5, 0.6) is 0 Å². The van der Waals surface area contributed by atoms with Crippen LogP contribution in [0.4, 0.5) is 5.69 Å². The Morgan fingerprint density at radius 1 is 1.11 bits per heavy atom. The van der Waals surface area contributed by atoms with E-state index in [0.29, 0.717) is 5.69 Å².